The number of methoxy groups -OCH3 is 1. The van der Waals surface area contributed by atoms with E-state index in [1.165, 1.54) is 17.9 Å². The second-order valence-electron chi connectivity index (χ2n) is 7.20. The number of furan rings is 1. The van der Waals surface area contributed by atoms with Crippen LogP contribution in [0.25, 0.3) is 11.0 Å². The van der Waals surface area contributed by atoms with Crippen LogP contribution in [-0.4, -0.2) is 55.1 Å². The Morgan fingerprint density at radius 1 is 1.35 bits per heavy atom. The quantitative estimate of drug-likeness (QED) is 0.869. The molecular formula is C20H26N2O3S. The summed E-state index contributed by atoms with van der Waals surface area (Å²) in [5, 5.41) is 3.94. The highest BCUT2D eigenvalue weighted by atomic mass is 32.2. The maximum absolute atomic E-state index is 12.5. The molecule has 5 nitrogen and oxygen atoms in total. The molecule has 0 radical (unpaired) electrons. The molecule has 1 amide bonds. The normalized spacial score (nSPS) is 22.0. The molecule has 1 atom stereocenters. The molecule has 3 heterocycles. The Morgan fingerprint density at radius 3 is 2.92 bits per heavy atom. The molecule has 1 aromatic carbocycles. The number of nitrogens with one attached hydrogen (secondary N) is 1. The number of nitrogens with zero attached hydrogens (tertiary/aromatic N) is 1. The molecule has 0 bridgehead atoms. The Labute approximate surface area is 158 Å². The molecule has 1 aromatic heterocycles. The zero-order chi connectivity index (χ0) is 17.9. The first kappa shape index (κ1) is 17.7. The lowest BCUT2D eigenvalue weighted by Gasteiger charge is -2.35. The van der Waals surface area contributed by atoms with Crippen molar-refractivity contribution in [1.29, 1.82) is 0 Å². The highest BCUT2D eigenvalue weighted by Crippen LogP contribution is 2.29. The van der Waals surface area contributed by atoms with Crippen LogP contribution in [0.5, 0.6) is 5.75 Å². The molecule has 1 N–H and O–H groups in total. The Balaban J connectivity index is 1.30. The fourth-order valence-electron chi connectivity index (χ4n) is 3.97. The van der Waals surface area contributed by atoms with E-state index in [1.807, 2.05) is 18.2 Å². The van der Waals surface area contributed by atoms with Gasteiger partial charge in [0.25, 0.3) is 5.91 Å². The number of carbonyl (C=O) groups excluding carboxylic acids is 1. The summed E-state index contributed by atoms with van der Waals surface area (Å²) in [5.74, 6) is 4.02. The summed E-state index contributed by atoms with van der Waals surface area (Å²) in [7, 11) is 1.60. The lowest BCUT2D eigenvalue weighted by atomic mass is 9.95. The van der Waals surface area contributed by atoms with Crippen molar-refractivity contribution in [3.8, 4) is 5.75 Å². The first-order valence-corrected chi connectivity index (χ1v) is 10.6. The van der Waals surface area contributed by atoms with Gasteiger partial charge in [0, 0.05) is 23.7 Å². The molecule has 26 heavy (non-hydrogen) atoms. The summed E-state index contributed by atoms with van der Waals surface area (Å²) < 4.78 is 11.0. The Morgan fingerprint density at radius 2 is 2.19 bits per heavy atom. The van der Waals surface area contributed by atoms with Gasteiger partial charge in [0.15, 0.2) is 17.1 Å². The van der Waals surface area contributed by atoms with Crippen molar-refractivity contribution in [2.45, 2.75) is 25.3 Å². The van der Waals surface area contributed by atoms with Gasteiger partial charge in [-0.05, 0) is 56.2 Å². The SMILES string of the molecule is COc1cccc2cc(C(=O)NCC3CCN([C@H]4CCSC4)CC3)oc12. The van der Waals surface area contributed by atoms with E-state index in [0.717, 1.165) is 43.9 Å². The Hall–Kier alpha value is -1.66. The van der Waals surface area contributed by atoms with Crippen LogP contribution in [-0.2, 0) is 0 Å². The molecular weight excluding hydrogens is 348 g/mol. The van der Waals surface area contributed by atoms with Crippen LogP contribution in [0, 0.1) is 5.92 Å². The van der Waals surface area contributed by atoms with Crippen molar-refractivity contribution in [2.75, 3.05) is 38.2 Å². The third-order valence-corrected chi connectivity index (χ3v) is 6.72. The molecule has 4 rings (SSSR count). The molecule has 2 fully saturated rings. The Kier molecular flexibility index (Phi) is 5.41. The smallest absolute Gasteiger partial charge is 0.287 e. The highest BCUT2D eigenvalue weighted by molar-refractivity contribution is 7.99. The largest absolute Gasteiger partial charge is 0.493 e. The van der Waals surface area contributed by atoms with Gasteiger partial charge < -0.3 is 14.5 Å². The van der Waals surface area contributed by atoms with Crippen LogP contribution in [0.4, 0.5) is 0 Å². The lowest BCUT2D eigenvalue weighted by Crippen LogP contribution is -2.43. The maximum atomic E-state index is 12.5. The molecule has 0 unspecified atom stereocenters. The minimum absolute atomic E-state index is 0.141. The summed E-state index contributed by atoms with van der Waals surface area (Å²) in [6.45, 7) is 3.04. The van der Waals surface area contributed by atoms with E-state index in [4.69, 9.17) is 9.15 Å². The van der Waals surface area contributed by atoms with E-state index in [2.05, 4.69) is 22.0 Å². The minimum atomic E-state index is -0.141. The second kappa shape index (κ2) is 7.92. The third kappa shape index (κ3) is 3.71. The number of amides is 1. The van der Waals surface area contributed by atoms with Crippen LogP contribution < -0.4 is 10.1 Å². The third-order valence-electron chi connectivity index (χ3n) is 5.57. The fourth-order valence-corrected chi connectivity index (χ4v) is 5.22. The molecule has 2 aromatic rings. The number of hydrogen-bond donors (Lipinski definition) is 1. The number of hydrogen-bond acceptors (Lipinski definition) is 5. The van der Waals surface area contributed by atoms with Gasteiger partial charge in [-0.2, -0.15) is 11.8 Å². The first-order valence-electron chi connectivity index (χ1n) is 9.41. The van der Waals surface area contributed by atoms with Gasteiger partial charge in [-0.1, -0.05) is 12.1 Å². The van der Waals surface area contributed by atoms with Crippen LogP contribution in [0.2, 0.25) is 0 Å². The fraction of sp³-hybridized carbons (Fsp3) is 0.550. The van der Waals surface area contributed by atoms with Crippen molar-refractivity contribution in [2.24, 2.45) is 5.92 Å². The van der Waals surface area contributed by atoms with Crippen molar-refractivity contribution < 1.29 is 13.9 Å². The van der Waals surface area contributed by atoms with E-state index in [1.54, 1.807) is 13.2 Å². The van der Waals surface area contributed by atoms with Gasteiger partial charge in [-0.15, -0.1) is 0 Å². The first-order chi connectivity index (χ1) is 12.7. The molecule has 140 valence electrons. The molecule has 0 aliphatic carbocycles. The number of thioether (sulfide) groups is 1. The van der Waals surface area contributed by atoms with Gasteiger partial charge in [0.1, 0.15) is 0 Å². The second-order valence-corrected chi connectivity index (χ2v) is 8.35. The van der Waals surface area contributed by atoms with E-state index in [0.29, 0.717) is 23.0 Å². The lowest BCUT2D eigenvalue weighted by molar-refractivity contribution is 0.0903. The zero-order valence-electron chi connectivity index (χ0n) is 15.2. The number of rotatable bonds is 5. The van der Waals surface area contributed by atoms with Gasteiger partial charge in [0.2, 0.25) is 0 Å². The highest BCUT2D eigenvalue weighted by Gasteiger charge is 2.27. The molecule has 2 aliphatic heterocycles. The van der Waals surface area contributed by atoms with E-state index >= 15 is 0 Å². The molecule has 0 saturated carbocycles. The predicted molar refractivity (Wildman–Crippen MR) is 105 cm³/mol. The average Bonchev–Trinajstić information content (AvgIpc) is 3.35. The average molecular weight is 375 g/mol. The number of carbonyl (C=O) groups is 1. The van der Waals surface area contributed by atoms with Crippen molar-refractivity contribution in [3.05, 3.63) is 30.0 Å². The Bertz CT molecular complexity index is 762. The van der Waals surface area contributed by atoms with Crippen LogP contribution >= 0.6 is 11.8 Å². The van der Waals surface area contributed by atoms with E-state index in [9.17, 15) is 4.79 Å². The number of para-hydroxylation sites is 1. The number of fused-ring (bicyclic) bond motifs is 1. The monoisotopic (exact) mass is 374 g/mol. The topological polar surface area (TPSA) is 54.7 Å². The van der Waals surface area contributed by atoms with E-state index < -0.39 is 0 Å². The molecule has 6 heteroatoms. The number of piperidine rings is 1. The summed E-state index contributed by atoms with van der Waals surface area (Å²) in [6, 6.07) is 8.23. The minimum Gasteiger partial charge on any atom is -0.493 e. The van der Waals surface area contributed by atoms with Crippen LogP contribution in [0.1, 0.15) is 29.8 Å². The summed E-state index contributed by atoms with van der Waals surface area (Å²) in [5.41, 5.74) is 0.628. The summed E-state index contributed by atoms with van der Waals surface area (Å²) >= 11 is 2.07. The van der Waals surface area contributed by atoms with Gasteiger partial charge >= 0.3 is 0 Å². The number of likely N-dealkylation sites (tertiary alicyclic amines) is 1. The predicted octanol–water partition coefficient (Wildman–Crippen LogP) is 3.39. The van der Waals surface area contributed by atoms with E-state index in [-0.39, 0.29) is 5.91 Å². The molecule has 2 saturated heterocycles. The van der Waals surface area contributed by atoms with Crippen LogP contribution in [0.3, 0.4) is 0 Å². The maximum Gasteiger partial charge on any atom is 0.287 e. The molecule has 0 spiro atoms. The van der Waals surface area contributed by atoms with Crippen molar-refractivity contribution in [3.63, 3.8) is 0 Å². The zero-order valence-corrected chi connectivity index (χ0v) is 16.0. The van der Waals surface area contributed by atoms with Crippen LogP contribution in [0.15, 0.2) is 28.7 Å². The standard InChI is InChI=1S/C20H26N2O3S/c1-24-17-4-2-3-15-11-18(25-19(15)17)20(23)21-12-14-5-8-22(9-6-14)16-7-10-26-13-16/h2-4,11,14,16H,5-10,12-13H2,1H3,(H,21,23)/t16-/m0/s1. The summed E-state index contributed by atoms with van der Waals surface area (Å²) in [6.07, 6.45) is 3.66. The van der Waals surface area contributed by atoms with Crippen molar-refractivity contribution >= 4 is 28.6 Å². The van der Waals surface area contributed by atoms with Gasteiger partial charge in [0.05, 0.1) is 7.11 Å². The number of ether oxygens (including phenoxy) is 1. The van der Waals surface area contributed by atoms with Crippen molar-refractivity contribution in [1.82, 2.24) is 10.2 Å². The number of benzene rings is 1. The van der Waals surface area contributed by atoms with Gasteiger partial charge in [-0.3, -0.25) is 9.69 Å². The molecule has 2 aliphatic rings. The summed E-state index contributed by atoms with van der Waals surface area (Å²) in [4.78, 5) is 15.1. The van der Waals surface area contributed by atoms with Gasteiger partial charge in [-0.25, -0.2) is 0 Å².